The first kappa shape index (κ1) is 14.0. The molecule has 0 saturated heterocycles. The number of amides is 1. The van der Waals surface area contributed by atoms with E-state index in [1.807, 2.05) is 6.07 Å². The van der Waals surface area contributed by atoms with Crippen LogP contribution in [0.2, 0.25) is 0 Å². The van der Waals surface area contributed by atoms with Gasteiger partial charge in [-0.05, 0) is 17.7 Å². The molecule has 0 saturated carbocycles. The molecule has 1 aromatic carbocycles. The molecule has 2 atom stereocenters. The maximum Gasteiger partial charge on any atom is 0.216 e. The van der Waals surface area contributed by atoms with E-state index in [2.05, 4.69) is 5.32 Å². The SMILES string of the molecule is CC(=O)NCC(O)C(O)c1ccc(C#N)c(N)c1. The van der Waals surface area contributed by atoms with Crippen LogP contribution in [-0.4, -0.2) is 28.8 Å². The van der Waals surface area contributed by atoms with Crippen LogP contribution < -0.4 is 11.1 Å². The number of anilines is 1. The summed E-state index contributed by atoms with van der Waals surface area (Å²) in [7, 11) is 0. The first-order valence-electron chi connectivity index (χ1n) is 5.35. The van der Waals surface area contributed by atoms with Gasteiger partial charge in [-0.3, -0.25) is 4.79 Å². The molecular formula is C12H15N3O3. The molecule has 0 aliphatic rings. The summed E-state index contributed by atoms with van der Waals surface area (Å²) >= 11 is 0. The molecule has 96 valence electrons. The van der Waals surface area contributed by atoms with E-state index < -0.39 is 12.2 Å². The number of nitrogen functional groups attached to an aromatic ring is 1. The predicted octanol–water partition coefficient (Wildman–Crippen LogP) is -0.329. The highest BCUT2D eigenvalue weighted by atomic mass is 16.3. The van der Waals surface area contributed by atoms with Crippen molar-refractivity contribution < 1.29 is 15.0 Å². The third kappa shape index (κ3) is 3.45. The maximum atomic E-state index is 10.7. The second kappa shape index (κ2) is 6.00. The molecule has 5 N–H and O–H groups in total. The smallest absolute Gasteiger partial charge is 0.216 e. The van der Waals surface area contributed by atoms with E-state index in [0.29, 0.717) is 11.1 Å². The molecular weight excluding hydrogens is 234 g/mol. The Morgan fingerprint density at radius 2 is 2.22 bits per heavy atom. The Morgan fingerprint density at radius 1 is 1.56 bits per heavy atom. The first-order valence-corrected chi connectivity index (χ1v) is 5.35. The molecule has 0 aliphatic carbocycles. The number of nitrogens with zero attached hydrogens (tertiary/aromatic N) is 1. The van der Waals surface area contributed by atoms with Crippen LogP contribution in [0.25, 0.3) is 0 Å². The Balaban J connectivity index is 2.78. The van der Waals surface area contributed by atoms with Crippen molar-refractivity contribution in [3.63, 3.8) is 0 Å². The van der Waals surface area contributed by atoms with Gasteiger partial charge >= 0.3 is 0 Å². The van der Waals surface area contributed by atoms with Crippen molar-refractivity contribution in [1.82, 2.24) is 5.32 Å². The molecule has 1 rings (SSSR count). The summed E-state index contributed by atoms with van der Waals surface area (Å²) in [5, 5.41) is 30.6. The molecule has 0 heterocycles. The van der Waals surface area contributed by atoms with Gasteiger partial charge in [0.25, 0.3) is 0 Å². The monoisotopic (exact) mass is 249 g/mol. The maximum absolute atomic E-state index is 10.7. The van der Waals surface area contributed by atoms with E-state index in [0.717, 1.165) is 0 Å². The van der Waals surface area contributed by atoms with E-state index in [1.165, 1.54) is 25.1 Å². The fourth-order valence-corrected chi connectivity index (χ4v) is 1.45. The van der Waals surface area contributed by atoms with Crippen LogP contribution in [0.15, 0.2) is 18.2 Å². The van der Waals surface area contributed by atoms with Crippen molar-refractivity contribution in [2.24, 2.45) is 0 Å². The molecule has 1 aromatic rings. The van der Waals surface area contributed by atoms with Gasteiger partial charge in [-0.15, -0.1) is 0 Å². The van der Waals surface area contributed by atoms with Gasteiger partial charge < -0.3 is 21.3 Å². The van der Waals surface area contributed by atoms with Gasteiger partial charge in [0.2, 0.25) is 5.91 Å². The standard InChI is InChI=1S/C12H15N3O3/c1-7(16)15-6-11(17)12(18)8-2-3-9(5-13)10(14)4-8/h2-4,11-12,17-18H,6,14H2,1H3,(H,15,16). The van der Waals surface area contributed by atoms with Crippen LogP contribution in [0.4, 0.5) is 5.69 Å². The Hall–Kier alpha value is -2.10. The number of benzene rings is 1. The number of carbonyl (C=O) groups excluding carboxylic acids is 1. The number of hydrogen-bond donors (Lipinski definition) is 4. The minimum Gasteiger partial charge on any atom is -0.398 e. The second-order valence-corrected chi connectivity index (χ2v) is 3.91. The molecule has 0 spiro atoms. The number of rotatable bonds is 4. The Labute approximate surface area is 105 Å². The summed E-state index contributed by atoms with van der Waals surface area (Å²) in [5.74, 6) is -0.291. The third-order valence-corrected chi connectivity index (χ3v) is 2.46. The largest absolute Gasteiger partial charge is 0.398 e. The number of hydrogen-bond acceptors (Lipinski definition) is 5. The molecule has 6 heteroatoms. The lowest BCUT2D eigenvalue weighted by Crippen LogP contribution is -2.34. The zero-order chi connectivity index (χ0) is 13.7. The van der Waals surface area contributed by atoms with E-state index in [9.17, 15) is 15.0 Å². The number of aliphatic hydroxyl groups is 2. The third-order valence-electron chi connectivity index (χ3n) is 2.46. The summed E-state index contributed by atoms with van der Waals surface area (Å²) in [6.07, 6.45) is -2.31. The normalized spacial score (nSPS) is 13.4. The van der Waals surface area contributed by atoms with Crippen molar-refractivity contribution in [1.29, 1.82) is 5.26 Å². The number of nitrogens with one attached hydrogen (secondary N) is 1. The van der Waals surface area contributed by atoms with Crippen molar-refractivity contribution in [2.75, 3.05) is 12.3 Å². The van der Waals surface area contributed by atoms with Crippen LogP contribution in [0.5, 0.6) is 0 Å². The zero-order valence-electron chi connectivity index (χ0n) is 9.92. The first-order chi connectivity index (χ1) is 8.45. The van der Waals surface area contributed by atoms with Crippen LogP contribution in [0.3, 0.4) is 0 Å². The van der Waals surface area contributed by atoms with Crippen molar-refractivity contribution >= 4 is 11.6 Å². The zero-order valence-corrected chi connectivity index (χ0v) is 9.92. The predicted molar refractivity (Wildman–Crippen MR) is 65.2 cm³/mol. The lowest BCUT2D eigenvalue weighted by Gasteiger charge is -2.18. The molecule has 1 amide bonds. The Bertz CT molecular complexity index is 482. The van der Waals surface area contributed by atoms with Gasteiger partial charge in [0.15, 0.2) is 0 Å². The van der Waals surface area contributed by atoms with E-state index in [4.69, 9.17) is 11.0 Å². The fourth-order valence-electron chi connectivity index (χ4n) is 1.45. The summed E-state index contributed by atoms with van der Waals surface area (Å²) in [5.41, 5.74) is 6.54. The fraction of sp³-hybridized carbons (Fsp3) is 0.333. The molecule has 18 heavy (non-hydrogen) atoms. The van der Waals surface area contributed by atoms with Crippen LogP contribution in [0, 0.1) is 11.3 Å². The topological polar surface area (TPSA) is 119 Å². The summed E-state index contributed by atoms with van der Waals surface area (Å²) in [6.45, 7) is 1.26. The quantitative estimate of drug-likeness (QED) is 0.545. The van der Waals surface area contributed by atoms with Gasteiger partial charge in [0.1, 0.15) is 18.3 Å². The van der Waals surface area contributed by atoms with Crippen LogP contribution >= 0.6 is 0 Å². The number of carbonyl (C=O) groups is 1. The van der Waals surface area contributed by atoms with Crippen LogP contribution in [-0.2, 0) is 4.79 Å². The van der Waals surface area contributed by atoms with Crippen molar-refractivity contribution in [3.8, 4) is 6.07 Å². The Morgan fingerprint density at radius 3 is 2.72 bits per heavy atom. The highest BCUT2D eigenvalue weighted by molar-refractivity contribution is 5.72. The number of nitrogens with two attached hydrogens (primary N) is 1. The van der Waals surface area contributed by atoms with E-state index in [-0.39, 0.29) is 18.1 Å². The Kier molecular flexibility index (Phi) is 4.66. The van der Waals surface area contributed by atoms with Crippen LogP contribution in [0.1, 0.15) is 24.2 Å². The number of aliphatic hydroxyl groups excluding tert-OH is 2. The van der Waals surface area contributed by atoms with E-state index >= 15 is 0 Å². The van der Waals surface area contributed by atoms with Gasteiger partial charge in [-0.1, -0.05) is 6.07 Å². The summed E-state index contributed by atoms with van der Waals surface area (Å²) in [6, 6.07) is 6.32. The molecule has 0 bridgehead atoms. The van der Waals surface area contributed by atoms with E-state index in [1.54, 1.807) is 0 Å². The second-order valence-electron chi connectivity index (χ2n) is 3.91. The minimum atomic E-state index is -1.17. The number of nitriles is 1. The van der Waals surface area contributed by atoms with Gasteiger partial charge in [-0.2, -0.15) is 5.26 Å². The summed E-state index contributed by atoms with van der Waals surface area (Å²) < 4.78 is 0. The highest BCUT2D eigenvalue weighted by Crippen LogP contribution is 2.21. The molecule has 2 unspecified atom stereocenters. The van der Waals surface area contributed by atoms with Gasteiger partial charge in [0, 0.05) is 19.2 Å². The lowest BCUT2D eigenvalue weighted by molar-refractivity contribution is -0.119. The summed E-state index contributed by atoms with van der Waals surface area (Å²) in [4.78, 5) is 10.7. The molecule has 0 fully saturated rings. The highest BCUT2D eigenvalue weighted by Gasteiger charge is 2.19. The van der Waals surface area contributed by atoms with Crippen molar-refractivity contribution in [3.05, 3.63) is 29.3 Å². The van der Waals surface area contributed by atoms with Gasteiger partial charge in [-0.25, -0.2) is 0 Å². The molecule has 6 nitrogen and oxygen atoms in total. The van der Waals surface area contributed by atoms with Crippen molar-refractivity contribution in [2.45, 2.75) is 19.1 Å². The molecule has 0 aliphatic heterocycles. The lowest BCUT2D eigenvalue weighted by atomic mass is 10.0. The van der Waals surface area contributed by atoms with Gasteiger partial charge in [0.05, 0.1) is 5.56 Å². The molecule has 0 radical (unpaired) electrons. The average molecular weight is 249 g/mol. The average Bonchev–Trinajstić information content (AvgIpc) is 2.34. The minimum absolute atomic E-state index is 0.0591. The molecule has 0 aromatic heterocycles.